The summed E-state index contributed by atoms with van der Waals surface area (Å²) in [5.41, 5.74) is 0.0785. The number of nitrogens with one attached hydrogen (secondary N) is 3. The molecular weight excluding hydrogens is 399 g/mol. The van der Waals surface area contributed by atoms with Gasteiger partial charge in [0.15, 0.2) is 5.78 Å². The molecule has 0 atom stereocenters. The van der Waals surface area contributed by atoms with Crippen molar-refractivity contribution in [1.82, 2.24) is 4.98 Å². The molecule has 0 saturated heterocycles. The van der Waals surface area contributed by atoms with E-state index in [1.807, 2.05) is 0 Å². The highest BCUT2D eigenvalue weighted by atomic mass is 19.4. The summed E-state index contributed by atoms with van der Waals surface area (Å²) in [6.45, 7) is 1.37. The van der Waals surface area contributed by atoms with Crippen LogP contribution in [0.1, 0.15) is 43.7 Å². The van der Waals surface area contributed by atoms with Gasteiger partial charge in [0.05, 0.1) is 5.56 Å². The summed E-state index contributed by atoms with van der Waals surface area (Å²) < 4.78 is 38.4. The van der Waals surface area contributed by atoms with Crippen LogP contribution in [0.15, 0.2) is 60.8 Å². The average molecular weight is 415 g/mol. The first-order valence-electron chi connectivity index (χ1n) is 8.73. The molecule has 9 heteroatoms. The Morgan fingerprint density at radius 2 is 1.47 bits per heavy atom. The van der Waals surface area contributed by atoms with E-state index >= 15 is 0 Å². The molecule has 6 nitrogen and oxygen atoms in total. The number of Topliss-reactive ketones (excluding diaryl/α,β-unsaturated/α-hetero) is 1. The highest BCUT2D eigenvalue weighted by Gasteiger charge is 2.30. The molecule has 0 radical (unpaired) electrons. The Morgan fingerprint density at radius 3 is 2.10 bits per heavy atom. The van der Waals surface area contributed by atoms with Gasteiger partial charge in [0.25, 0.3) is 11.8 Å². The van der Waals surface area contributed by atoms with E-state index in [0.717, 1.165) is 12.1 Å². The summed E-state index contributed by atoms with van der Waals surface area (Å²) in [5, 5.41) is 4.99. The molecule has 30 heavy (non-hydrogen) atoms. The molecule has 1 heterocycles. The third kappa shape index (κ3) is 4.93. The first-order chi connectivity index (χ1) is 14.1. The largest absolute Gasteiger partial charge is 0.416 e. The second kappa shape index (κ2) is 8.24. The van der Waals surface area contributed by atoms with E-state index in [-0.39, 0.29) is 22.7 Å². The van der Waals surface area contributed by atoms with Crippen molar-refractivity contribution in [2.45, 2.75) is 13.1 Å². The number of halogens is 3. The van der Waals surface area contributed by atoms with Gasteiger partial charge in [-0.3, -0.25) is 14.4 Å². The fraction of sp³-hybridized carbons (Fsp3) is 0.0952. The quantitative estimate of drug-likeness (QED) is 0.526. The van der Waals surface area contributed by atoms with Gasteiger partial charge in [0, 0.05) is 28.7 Å². The standard InChI is InChI=1S/C21H16F3N3O3/c1-12(28)14-9-18(25-11-14)20(30)27-16-6-2-4-13(8-16)19(29)26-17-7-3-5-15(10-17)21(22,23)24/h2-11,25H,1H3,(H,26,29)(H,27,30). The van der Waals surface area contributed by atoms with Gasteiger partial charge < -0.3 is 15.6 Å². The lowest BCUT2D eigenvalue weighted by molar-refractivity contribution is -0.137. The number of carbonyl (C=O) groups excluding carboxylic acids is 3. The molecule has 3 N–H and O–H groups in total. The minimum absolute atomic E-state index is 0.00703. The van der Waals surface area contributed by atoms with E-state index in [4.69, 9.17) is 0 Å². The van der Waals surface area contributed by atoms with Crippen molar-refractivity contribution in [3.63, 3.8) is 0 Å². The second-order valence-electron chi connectivity index (χ2n) is 6.43. The lowest BCUT2D eigenvalue weighted by atomic mass is 10.1. The van der Waals surface area contributed by atoms with Crippen LogP contribution in [0.5, 0.6) is 0 Å². The molecule has 0 saturated carbocycles. The number of benzene rings is 2. The molecule has 0 spiro atoms. The van der Waals surface area contributed by atoms with E-state index < -0.39 is 23.6 Å². The summed E-state index contributed by atoms with van der Waals surface area (Å²) in [4.78, 5) is 38.7. The Labute approximate surface area is 169 Å². The topological polar surface area (TPSA) is 91.1 Å². The third-order valence-electron chi connectivity index (χ3n) is 4.16. The fourth-order valence-electron chi connectivity index (χ4n) is 2.64. The molecule has 154 valence electrons. The lowest BCUT2D eigenvalue weighted by Gasteiger charge is -2.10. The Morgan fingerprint density at radius 1 is 0.833 bits per heavy atom. The number of amides is 2. The predicted octanol–water partition coefficient (Wildman–Crippen LogP) is 4.74. The van der Waals surface area contributed by atoms with Gasteiger partial charge in [-0.1, -0.05) is 12.1 Å². The van der Waals surface area contributed by atoms with Crippen molar-refractivity contribution in [2.24, 2.45) is 0 Å². The van der Waals surface area contributed by atoms with Crippen LogP contribution >= 0.6 is 0 Å². The zero-order chi connectivity index (χ0) is 21.9. The smallest absolute Gasteiger partial charge is 0.356 e. The Kier molecular flexibility index (Phi) is 5.72. The zero-order valence-corrected chi connectivity index (χ0v) is 15.6. The number of carbonyl (C=O) groups is 3. The van der Waals surface area contributed by atoms with Crippen LogP contribution in [0, 0.1) is 0 Å². The molecule has 1 aromatic heterocycles. The molecule has 0 aliphatic carbocycles. The number of aromatic nitrogens is 1. The maximum Gasteiger partial charge on any atom is 0.416 e. The van der Waals surface area contributed by atoms with Crippen molar-refractivity contribution in [3.8, 4) is 0 Å². The molecule has 0 unspecified atom stereocenters. The van der Waals surface area contributed by atoms with E-state index in [1.54, 1.807) is 6.07 Å². The number of aromatic amines is 1. The number of alkyl halides is 3. The van der Waals surface area contributed by atoms with Crippen LogP contribution in [-0.4, -0.2) is 22.6 Å². The van der Waals surface area contributed by atoms with Crippen molar-refractivity contribution in [3.05, 3.63) is 83.2 Å². The predicted molar refractivity (Wildman–Crippen MR) is 105 cm³/mol. The SMILES string of the molecule is CC(=O)c1c[nH]c(C(=O)Nc2cccc(C(=O)Nc3cccc(C(F)(F)F)c3)c2)c1. The van der Waals surface area contributed by atoms with E-state index in [9.17, 15) is 27.6 Å². The monoisotopic (exact) mass is 415 g/mol. The van der Waals surface area contributed by atoms with Gasteiger partial charge in [0.1, 0.15) is 5.69 Å². The molecule has 3 rings (SSSR count). The fourth-order valence-corrected chi connectivity index (χ4v) is 2.64. The molecule has 0 aliphatic heterocycles. The van der Waals surface area contributed by atoms with Crippen LogP contribution in [-0.2, 0) is 6.18 Å². The lowest BCUT2D eigenvalue weighted by Crippen LogP contribution is -2.15. The minimum Gasteiger partial charge on any atom is -0.356 e. The van der Waals surface area contributed by atoms with E-state index in [1.165, 1.54) is 49.5 Å². The summed E-state index contributed by atoms with van der Waals surface area (Å²) >= 11 is 0. The molecule has 2 aromatic carbocycles. The third-order valence-corrected chi connectivity index (χ3v) is 4.16. The van der Waals surface area contributed by atoms with Gasteiger partial charge in [-0.05, 0) is 49.4 Å². The highest BCUT2D eigenvalue weighted by molar-refractivity contribution is 6.07. The maximum atomic E-state index is 12.8. The number of anilines is 2. The van der Waals surface area contributed by atoms with Gasteiger partial charge in [-0.2, -0.15) is 13.2 Å². The van der Waals surface area contributed by atoms with Crippen molar-refractivity contribution < 1.29 is 27.6 Å². The number of hydrogen-bond acceptors (Lipinski definition) is 3. The highest BCUT2D eigenvalue weighted by Crippen LogP contribution is 2.30. The van der Waals surface area contributed by atoms with Crippen LogP contribution in [0.3, 0.4) is 0 Å². The summed E-state index contributed by atoms with van der Waals surface area (Å²) in [5.74, 6) is -1.35. The average Bonchev–Trinajstić information content (AvgIpc) is 3.18. The van der Waals surface area contributed by atoms with Crippen LogP contribution in [0.2, 0.25) is 0 Å². The maximum absolute atomic E-state index is 12.8. The Bertz CT molecular complexity index is 1120. The molecule has 0 aliphatic rings. The first-order valence-corrected chi connectivity index (χ1v) is 8.73. The molecule has 3 aromatic rings. The normalized spacial score (nSPS) is 11.1. The number of ketones is 1. The van der Waals surface area contributed by atoms with Gasteiger partial charge in [-0.15, -0.1) is 0 Å². The van der Waals surface area contributed by atoms with Crippen molar-refractivity contribution >= 4 is 29.0 Å². The van der Waals surface area contributed by atoms with Gasteiger partial charge >= 0.3 is 6.18 Å². The Hall–Kier alpha value is -3.88. The second-order valence-corrected chi connectivity index (χ2v) is 6.43. The molecule has 0 fully saturated rings. The van der Waals surface area contributed by atoms with Crippen molar-refractivity contribution in [2.75, 3.05) is 10.6 Å². The summed E-state index contributed by atoms with van der Waals surface area (Å²) in [6.07, 6.45) is -3.11. The first kappa shape index (κ1) is 20.8. The summed E-state index contributed by atoms with van der Waals surface area (Å²) in [7, 11) is 0. The number of hydrogen-bond donors (Lipinski definition) is 3. The number of H-pyrrole nitrogens is 1. The van der Waals surface area contributed by atoms with Crippen LogP contribution in [0.4, 0.5) is 24.5 Å². The van der Waals surface area contributed by atoms with Crippen LogP contribution < -0.4 is 10.6 Å². The number of rotatable bonds is 5. The van der Waals surface area contributed by atoms with Crippen LogP contribution in [0.25, 0.3) is 0 Å². The molecule has 0 bridgehead atoms. The molecule has 2 amide bonds. The zero-order valence-electron chi connectivity index (χ0n) is 15.6. The van der Waals surface area contributed by atoms with E-state index in [2.05, 4.69) is 15.6 Å². The minimum atomic E-state index is -4.52. The Balaban J connectivity index is 1.72. The van der Waals surface area contributed by atoms with Gasteiger partial charge in [-0.25, -0.2) is 0 Å². The molecular formula is C21H16F3N3O3. The van der Waals surface area contributed by atoms with Gasteiger partial charge in [0.2, 0.25) is 0 Å². The van der Waals surface area contributed by atoms with Crippen molar-refractivity contribution in [1.29, 1.82) is 0 Å². The summed E-state index contributed by atoms with van der Waals surface area (Å²) in [6, 6.07) is 11.6. The van der Waals surface area contributed by atoms with E-state index in [0.29, 0.717) is 11.3 Å².